The fourth-order valence-electron chi connectivity index (χ4n) is 1.16. The van der Waals surface area contributed by atoms with E-state index >= 15 is 0 Å². The van der Waals surface area contributed by atoms with E-state index in [0.717, 1.165) is 5.69 Å². The monoisotopic (exact) mass is 254 g/mol. The molecular weight excluding hydrogens is 247 g/mol. The zero-order valence-electron chi connectivity index (χ0n) is 8.23. The van der Waals surface area contributed by atoms with Crippen molar-refractivity contribution < 1.29 is 4.74 Å². The second-order valence-corrected chi connectivity index (χ2v) is 3.97. The van der Waals surface area contributed by atoms with Crippen molar-refractivity contribution in [1.82, 2.24) is 9.97 Å². The lowest BCUT2D eigenvalue weighted by Crippen LogP contribution is -1.98. The van der Waals surface area contributed by atoms with E-state index in [-0.39, 0.29) is 0 Å². The van der Waals surface area contributed by atoms with Crippen molar-refractivity contribution >= 4 is 23.2 Å². The highest BCUT2D eigenvalue weighted by molar-refractivity contribution is 6.30. The van der Waals surface area contributed by atoms with E-state index in [9.17, 15) is 0 Å². The van der Waals surface area contributed by atoms with Gasteiger partial charge in [0, 0.05) is 23.5 Å². The molecule has 0 atom stereocenters. The molecule has 0 bridgehead atoms. The summed E-state index contributed by atoms with van der Waals surface area (Å²) in [6.45, 7) is 0.336. The smallest absolute Gasteiger partial charge is 0.139 e. The SMILES string of the molecule is Clc1cncc(OCc2cc(Cl)ccn2)c1. The standard InChI is InChI=1S/C11H8Cl2N2O/c12-8-1-2-15-10(3-8)7-16-11-4-9(13)5-14-6-11/h1-6H,7H2. The Kier molecular flexibility index (Phi) is 3.59. The molecule has 2 heterocycles. The van der Waals surface area contributed by atoms with Crippen LogP contribution >= 0.6 is 23.2 Å². The average molecular weight is 255 g/mol. The van der Waals surface area contributed by atoms with Crippen molar-refractivity contribution in [3.63, 3.8) is 0 Å². The minimum Gasteiger partial charge on any atom is -0.486 e. The second kappa shape index (κ2) is 5.14. The quantitative estimate of drug-likeness (QED) is 0.843. The molecule has 0 saturated carbocycles. The molecular formula is C11H8Cl2N2O. The third-order valence-corrected chi connectivity index (χ3v) is 2.29. The van der Waals surface area contributed by atoms with Crippen LogP contribution < -0.4 is 4.74 Å². The van der Waals surface area contributed by atoms with E-state index in [4.69, 9.17) is 27.9 Å². The molecule has 2 aromatic heterocycles. The van der Waals surface area contributed by atoms with E-state index in [1.54, 1.807) is 36.8 Å². The van der Waals surface area contributed by atoms with Crippen molar-refractivity contribution in [3.8, 4) is 5.75 Å². The minimum absolute atomic E-state index is 0.336. The van der Waals surface area contributed by atoms with Crippen LogP contribution in [0.1, 0.15) is 5.69 Å². The molecule has 0 aliphatic heterocycles. The second-order valence-electron chi connectivity index (χ2n) is 3.09. The van der Waals surface area contributed by atoms with Gasteiger partial charge in [0.15, 0.2) is 0 Å². The van der Waals surface area contributed by atoms with Crippen molar-refractivity contribution in [2.24, 2.45) is 0 Å². The lowest BCUT2D eigenvalue weighted by atomic mass is 10.4. The number of pyridine rings is 2. The first kappa shape index (κ1) is 11.2. The van der Waals surface area contributed by atoms with Gasteiger partial charge >= 0.3 is 0 Å². The van der Waals surface area contributed by atoms with Gasteiger partial charge in [-0.15, -0.1) is 0 Å². The zero-order valence-corrected chi connectivity index (χ0v) is 9.74. The first-order chi connectivity index (χ1) is 7.74. The largest absolute Gasteiger partial charge is 0.486 e. The number of ether oxygens (including phenoxy) is 1. The molecule has 0 fully saturated rings. The van der Waals surface area contributed by atoms with Gasteiger partial charge in [-0.2, -0.15) is 0 Å². The van der Waals surface area contributed by atoms with Gasteiger partial charge in [0.25, 0.3) is 0 Å². The van der Waals surface area contributed by atoms with Crippen LogP contribution in [0.15, 0.2) is 36.8 Å². The number of nitrogens with zero attached hydrogens (tertiary/aromatic N) is 2. The summed E-state index contributed by atoms with van der Waals surface area (Å²) >= 11 is 11.6. The highest BCUT2D eigenvalue weighted by Crippen LogP contribution is 2.16. The molecule has 0 spiro atoms. The molecule has 5 heteroatoms. The molecule has 0 aliphatic rings. The van der Waals surface area contributed by atoms with E-state index in [1.165, 1.54) is 0 Å². The highest BCUT2D eigenvalue weighted by atomic mass is 35.5. The zero-order chi connectivity index (χ0) is 11.4. The average Bonchev–Trinajstić information content (AvgIpc) is 2.27. The van der Waals surface area contributed by atoms with Crippen molar-refractivity contribution in [3.05, 3.63) is 52.5 Å². The van der Waals surface area contributed by atoms with Gasteiger partial charge in [-0.3, -0.25) is 9.97 Å². The van der Waals surface area contributed by atoms with Gasteiger partial charge in [0.1, 0.15) is 12.4 Å². The van der Waals surface area contributed by atoms with Crippen LogP contribution in [0.4, 0.5) is 0 Å². The van der Waals surface area contributed by atoms with Crippen LogP contribution in [0.2, 0.25) is 10.0 Å². The van der Waals surface area contributed by atoms with E-state index in [1.807, 2.05) is 0 Å². The molecule has 0 N–H and O–H groups in total. The topological polar surface area (TPSA) is 35.0 Å². The molecule has 3 nitrogen and oxygen atoms in total. The maximum atomic E-state index is 5.82. The van der Waals surface area contributed by atoms with Crippen molar-refractivity contribution in [2.45, 2.75) is 6.61 Å². The summed E-state index contributed by atoms with van der Waals surface area (Å²) in [6.07, 6.45) is 4.78. The Labute approximate surface area is 103 Å². The normalized spacial score (nSPS) is 10.1. The Bertz CT molecular complexity index is 445. The van der Waals surface area contributed by atoms with Crippen LogP contribution in [0.3, 0.4) is 0 Å². The fraction of sp³-hybridized carbons (Fsp3) is 0.0909. The number of hydrogen-bond acceptors (Lipinski definition) is 3. The van der Waals surface area contributed by atoms with E-state index in [0.29, 0.717) is 22.4 Å². The molecule has 0 aliphatic carbocycles. The van der Waals surface area contributed by atoms with Gasteiger partial charge < -0.3 is 4.74 Å². The number of rotatable bonds is 3. The van der Waals surface area contributed by atoms with Crippen LogP contribution in [0.5, 0.6) is 5.75 Å². The molecule has 0 amide bonds. The molecule has 82 valence electrons. The van der Waals surface area contributed by atoms with E-state index < -0.39 is 0 Å². The predicted molar refractivity (Wildman–Crippen MR) is 62.8 cm³/mol. The Balaban J connectivity index is 2.02. The third-order valence-electron chi connectivity index (χ3n) is 1.85. The Morgan fingerprint density at radius 3 is 2.75 bits per heavy atom. The van der Waals surface area contributed by atoms with Crippen molar-refractivity contribution in [2.75, 3.05) is 0 Å². The Hall–Kier alpha value is -1.32. The molecule has 16 heavy (non-hydrogen) atoms. The molecule has 2 rings (SSSR count). The van der Waals surface area contributed by atoms with Gasteiger partial charge in [0.2, 0.25) is 0 Å². The van der Waals surface area contributed by atoms with Gasteiger partial charge in [0.05, 0.1) is 16.9 Å². The lowest BCUT2D eigenvalue weighted by Gasteiger charge is -2.05. The van der Waals surface area contributed by atoms with Crippen LogP contribution in [0, 0.1) is 0 Å². The molecule has 0 aromatic carbocycles. The summed E-state index contributed by atoms with van der Waals surface area (Å²) in [5.41, 5.74) is 0.757. The summed E-state index contributed by atoms with van der Waals surface area (Å²) in [4.78, 5) is 8.02. The predicted octanol–water partition coefficient (Wildman–Crippen LogP) is 3.36. The number of hydrogen-bond donors (Lipinski definition) is 0. The first-order valence-corrected chi connectivity index (χ1v) is 5.33. The molecule has 0 unspecified atom stereocenters. The summed E-state index contributed by atoms with van der Waals surface area (Å²) in [5, 5.41) is 1.18. The summed E-state index contributed by atoms with van der Waals surface area (Å²) in [6, 6.07) is 5.16. The summed E-state index contributed by atoms with van der Waals surface area (Å²) < 4.78 is 5.46. The van der Waals surface area contributed by atoms with Gasteiger partial charge in [-0.25, -0.2) is 0 Å². The third kappa shape index (κ3) is 3.08. The lowest BCUT2D eigenvalue weighted by molar-refractivity contribution is 0.300. The summed E-state index contributed by atoms with van der Waals surface area (Å²) in [5.74, 6) is 0.606. The van der Waals surface area contributed by atoms with Gasteiger partial charge in [-0.05, 0) is 12.1 Å². The first-order valence-electron chi connectivity index (χ1n) is 4.58. The van der Waals surface area contributed by atoms with Crippen LogP contribution in [0.25, 0.3) is 0 Å². The maximum Gasteiger partial charge on any atom is 0.139 e. The Morgan fingerprint density at radius 1 is 1.12 bits per heavy atom. The summed E-state index contributed by atoms with van der Waals surface area (Å²) in [7, 11) is 0. The number of halogens is 2. The van der Waals surface area contributed by atoms with E-state index in [2.05, 4.69) is 9.97 Å². The van der Waals surface area contributed by atoms with Crippen molar-refractivity contribution in [1.29, 1.82) is 0 Å². The highest BCUT2D eigenvalue weighted by Gasteiger charge is 1.99. The minimum atomic E-state index is 0.336. The molecule has 2 aromatic rings. The maximum absolute atomic E-state index is 5.82. The Morgan fingerprint density at radius 2 is 2.00 bits per heavy atom. The molecule has 0 radical (unpaired) electrons. The molecule has 0 saturated heterocycles. The van der Waals surface area contributed by atoms with Gasteiger partial charge in [-0.1, -0.05) is 23.2 Å². The van der Waals surface area contributed by atoms with Crippen LogP contribution in [-0.4, -0.2) is 9.97 Å². The van der Waals surface area contributed by atoms with Crippen LogP contribution in [-0.2, 0) is 6.61 Å². The fourth-order valence-corrected chi connectivity index (χ4v) is 1.50. The number of aromatic nitrogens is 2.